The highest BCUT2D eigenvalue weighted by atomic mass is 16.5. The number of allylic oxidation sites excluding steroid dienone is 1. The largest absolute Gasteiger partial charge is 0.497 e. The Morgan fingerprint density at radius 3 is 2.57 bits per heavy atom. The Labute approximate surface area is 222 Å². The van der Waals surface area contributed by atoms with Crippen LogP contribution in [0.15, 0.2) is 66.7 Å². The van der Waals surface area contributed by atoms with Crippen molar-refractivity contribution in [1.82, 2.24) is 9.80 Å². The first-order valence-corrected chi connectivity index (χ1v) is 13.0. The number of rotatable bonds is 8. The number of nitrogens with zero attached hydrogens (tertiary/aromatic N) is 3. The Morgan fingerprint density at radius 2 is 1.81 bits per heavy atom. The van der Waals surface area contributed by atoms with Crippen molar-refractivity contribution in [1.29, 1.82) is 0 Å². The first kappa shape index (κ1) is 26.6. The van der Waals surface area contributed by atoms with Gasteiger partial charge >= 0.3 is 0 Å². The molecule has 3 aromatic carbocycles. The molecule has 0 bridgehead atoms. The van der Waals surface area contributed by atoms with E-state index in [0.29, 0.717) is 5.56 Å². The van der Waals surface area contributed by atoms with E-state index in [1.807, 2.05) is 44.4 Å². The van der Waals surface area contributed by atoms with Crippen molar-refractivity contribution >= 4 is 17.5 Å². The molecule has 3 aromatic rings. The Morgan fingerprint density at radius 1 is 1.00 bits per heavy atom. The molecule has 37 heavy (non-hydrogen) atoms. The van der Waals surface area contributed by atoms with Gasteiger partial charge in [-0.3, -0.25) is 4.79 Å². The number of aryl methyl sites for hydroxylation is 1. The van der Waals surface area contributed by atoms with E-state index in [1.54, 1.807) is 13.2 Å². The maximum Gasteiger partial charge on any atom is 0.185 e. The first-order valence-electron chi connectivity index (χ1n) is 13.0. The highest BCUT2D eigenvalue weighted by Crippen LogP contribution is 2.30. The molecule has 1 aliphatic rings. The minimum atomic E-state index is 0.00949. The van der Waals surface area contributed by atoms with Gasteiger partial charge in [0, 0.05) is 37.4 Å². The van der Waals surface area contributed by atoms with Gasteiger partial charge in [-0.05, 0) is 105 Å². The van der Waals surface area contributed by atoms with Crippen LogP contribution in [-0.2, 0) is 6.54 Å². The second-order valence-electron chi connectivity index (χ2n) is 10.2. The molecule has 0 aliphatic carbocycles. The van der Waals surface area contributed by atoms with E-state index in [9.17, 15) is 4.79 Å². The van der Waals surface area contributed by atoms with E-state index in [1.165, 1.54) is 5.56 Å². The fourth-order valence-electron chi connectivity index (χ4n) is 4.90. The molecule has 1 heterocycles. The number of hydrogen-bond donors (Lipinski definition) is 0. The van der Waals surface area contributed by atoms with Crippen LogP contribution in [0.4, 0.5) is 5.69 Å². The van der Waals surface area contributed by atoms with E-state index in [4.69, 9.17) is 4.74 Å². The maximum atomic E-state index is 13.5. The zero-order valence-electron chi connectivity index (χ0n) is 22.8. The first-order chi connectivity index (χ1) is 17.8. The molecule has 194 valence electrons. The predicted octanol–water partition coefficient (Wildman–Crippen LogP) is 5.77. The van der Waals surface area contributed by atoms with Crippen molar-refractivity contribution in [2.24, 2.45) is 0 Å². The quantitative estimate of drug-likeness (QED) is 0.292. The minimum Gasteiger partial charge on any atom is -0.497 e. The molecule has 0 spiro atoms. The van der Waals surface area contributed by atoms with Crippen LogP contribution in [0.25, 0.3) is 17.2 Å². The maximum absolute atomic E-state index is 13.5. The summed E-state index contributed by atoms with van der Waals surface area (Å²) in [5.41, 5.74) is 7.43. The topological polar surface area (TPSA) is 36.0 Å². The molecule has 1 saturated heterocycles. The van der Waals surface area contributed by atoms with Gasteiger partial charge in [0.15, 0.2) is 5.78 Å². The van der Waals surface area contributed by atoms with Crippen LogP contribution in [0.2, 0.25) is 0 Å². The average molecular weight is 498 g/mol. The lowest BCUT2D eigenvalue weighted by molar-refractivity contribution is 0.104. The van der Waals surface area contributed by atoms with E-state index < -0.39 is 0 Å². The molecule has 1 aliphatic heterocycles. The lowest BCUT2D eigenvalue weighted by Crippen LogP contribution is -2.28. The number of likely N-dealkylation sites (N-methyl/N-ethyl adjacent to an activating group) is 1. The second kappa shape index (κ2) is 12.2. The van der Waals surface area contributed by atoms with Gasteiger partial charge in [0.25, 0.3) is 0 Å². The van der Waals surface area contributed by atoms with Gasteiger partial charge in [0.2, 0.25) is 0 Å². The van der Waals surface area contributed by atoms with Crippen molar-refractivity contribution in [3.05, 3.63) is 89.0 Å². The summed E-state index contributed by atoms with van der Waals surface area (Å²) in [6.45, 7) is 6.95. The Kier molecular flexibility index (Phi) is 8.80. The van der Waals surface area contributed by atoms with Gasteiger partial charge in [-0.1, -0.05) is 36.4 Å². The van der Waals surface area contributed by atoms with E-state index >= 15 is 0 Å². The molecule has 4 rings (SSSR count). The van der Waals surface area contributed by atoms with Crippen molar-refractivity contribution < 1.29 is 9.53 Å². The van der Waals surface area contributed by atoms with Crippen LogP contribution in [-0.4, -0.2) is 70.0 Å². The van der Waals surface area contributed by atoms with Crippen LogP contribution in [0.3, 0.4) is 0 Å². The fourth-order valence-corrected chi connectivity index (χ4v) is 4.90. The summed E-state index contributed by atoms with van der Waals surface area (Å²) in [6, 6.07) is 20.7. The Bertz CT molecular complexity index is 1260. The highest BCUT2D eigenvalue weighted by molar-refractivity contribution is 6.08. The van der Waals surface area contributed by atoms with Crippen LogP contribution in [0.5, 0.6) is 5.75 Å². The molecular formula is C32H39N3O2. The standard InChI is InChI=1S/C32H39N3O2/c1-24-9-6-7-10-31(24)26-19-27(21-29(20-26)35-16-8-15-34(4)17-18-35)32(36)14-12-25-11-13-30(37-5)22-28(25)23-33(2)3/h6-7,9-14,19-22H,8,15-18,23H2,1-5H3/b14-12+. The van der Waals surface area contributed by atoms with Gasteiger partial charge in [0.05, 0.1) is 7.11 Å². The highest BCUT2D eigenvalue weighted by Gasteiger charge is 2.17. The van der Waals surface area contributed by atoms with Crippen LogP contribution < -0.4 is 9.64 Å². The molecule has 0 amide bonds. The Hall–Kier alpha value is -3.41. The Balaban J connectivity index is 1.70. The van der Waals surface area contributed by atoms with Crippen LogP contribution in [0, 0.1) is 6.92 Å². The molecule has 0 saturated carbocycles. The van der Waals surface area contributed by atoms with Gasteiger partial charge in [0.1, 0.15) is 5.75 Å². The number of ketones is 1. The third-order valence-electron chi connectivity index (χ3n) is 6.99. The fraction of sp³-hybridized carbons (Fsp3) is 0.344. The van der Waals surface area contributed by atoms with Crippen molar-refractivity contribution in [3.63, 3.8) is 0 Å². The van der Waals surface area contributed by atoms with Gasteiger partial charge in [-0.2, -0.15) is 0 Å². The van der Waals surface area contributed by atoms with Crippen molar-refractivity contribution in [2.45, 2.75) is 19.9 Å². The zero-order chi connectivity index (χ0) is 26.4. The number of benzene rings is 3. The monoisotopic (exact) mass is 497 g/mol. The summed E-state index contributed by atoms with van der Waals surface area (Å²) in [7, 11) is 7.93. The van der Waals surface area contributed by atoms with Gasteiger partial charge in [-0.15, -0.1) is 0 Å². The van der Waals surface area contributed by atoms with Crippen LogP contribution in [0.1, 0.15) is 33.5 Å². The summed E-state index contributed by atoms with van der Waals surface area (Å²) in [4.78, 5) is 20.5. The zero-order valence-corrected chi connectivity index (χ0v) is 22.8. The summed E-state index contributed by atoms with van der Waals surface area (Å²) in [5, 5.41) is 0. The van der Waals surface area contributed by atoms with Gasteiger partial charge < -0.3 is 19.4 Å². The van der Waals surface area contributed by atoms with E-state index in [2.05, 4.69) is 65.1 Å². The average Bonchev–Trinajstić information content (AvgIpc) is 3.11. The minimum absolute atomic E-state index is 0.00949. The summed E-state index contributed by atoms with van der Waals surface area (Å²) in [5.74, 6) is 0.828. The summed E-state index contributed by atoms with van der Waals surface area (Å²) >= 11 is 0. The van der Waals surface area contributed by atoms with Crippen molar-refractivity contribution in [3.8, 4) is 16.9 Å². The number of carbonyl (C=O) groups excluding carboxylic acids is 1. The normalized spacial score (nSPS) is 14.8. The van der Waals surface area contributed by atoms with Crippen molar-refractivity contribution in [2.75, 3.05) is 59.3 Å². The molecule has 0 aromatic heterocycles. The summed E-state index contributed by atoms with van der Waals surface area (Å²) < 4.78 is 5.42. The van der Waals surface area contributed by atoms with E-state index in [0.717, 1.165) is 72.8 Å². The van der Waals surface area contributed by atoms with Crippen LogP contribution >= 0.6 is 0 Å². The second-order valence-corrected chi connectivity index (χ2v) is 10.2. The number of anilines is 1. The van der Waals surface area contributed by atoms with Gasteiger partial charge in [-0.25, -0.2) is 0 Å². The number of carbonyl (C=O) groups is 1. The molecule has 0 unspecified atom stereocenters. The molecule has 5 heteroatoms. The summed E-state index contributed by atoms with van der Waals surface area (Å²) in [6.07, 6.45) is 4.75. The third kappa shape index (κ3) is 6.88. The molecule has 5 nitrogen and oxygen atoms in total. The predicted molar refractivity (Wildman–Crippen MR) is 155 cm³/mol. The number of ether oxygens (including phenoxy) is 1. The lowest BCUT2D eigenvalue weighted by Gasteiger charge is -2.24. The molecule has 1 fully saturated rings. The third-order valence-corrected chi connectivity index (χ3v) is 6.99. The molecular weight excluding hydrogens is 458 g/mol. The molecule has 0 N–H and O–H groups in total. The smallest absolute Gasteiger partial charge is 0.185 e. The SMILES string of the molecule is COc1ccc(/C=C/C(=O)c2cc(-c3ccccc3C)cc(N3CCCN(C)CC3)c2)c(CN(C)C)c1. The lowest BCUT2D eigenvalue weighted by atomic mass is 9.96. The number of methoxy groups -OCH3 is 1. The number of hydrogen-bond acceptors (Lipinski definition) is 5. The van der Waals surface area contributed by atoms with E-state index in [-0.39, 0.29) is 5.78 Å². The molecule has 0 radical (unpaired) electrons. The molecule has 0 atom stereocenters.